The van der Waals surface area contributed by atoms with Gasteiger partial charge in [-0.3, -0.25) is 5.10 Å². The van der Waals surface area contributed by atoms with Gasteiger partial charge in [-0.2, -0.15) is 22.1 Å². The molecule has 0 saturated carbocycles. The summed E-state index contributed by atoms with van der Waals surface area (Å²) < 4.78 is 41.0. The average molecular weight is 445 g/mol. The van der Waals surface area contributed by atoms with Crippen molar-refractivity contribution < 1.29 is 12.8 Å². The van der Waals surface area contributed by atoms with Crippen molar-refractivity contribution in [3.8, 4) is 11.1 Å². The van der Waals surface area contributed by atoms with Gasteiger partial charge in [0.1, 0.15) is 11.6 Å². The van der Waals surface area contributed by atoms with Crippen molar-refractivity contribution in [1.29, 1.82) is 0 Å². The summed E-state index contributed by atoms with van der Waals surface area (Å²) in [6.07, 6.45) is 4.18. The average Bonchev–Trinajstić information content (AvgIpc) is 3.42. The number of H-pyrrole nitrogens is 1. The molecular formula is C21H25FN6O2S. The largest absolute Gasteiger partial charge is 0.366 e. The van der Waals surface area contributed by atoms with Gasteiger partial charge in [-0.15, -0.1) is 0 Å². The molecule has 3 heterocycles. The number of nitrogens with one attached hydrogen (secondary N) is 2. The van der Waals surface area contributed by atoms with Crippen molar-refractivity contribution in [2.24, 2.45) is 0 Å². The lowest BCUT2D eigenvalue weighted by molar-refractivity contribution is 0.418. The van der Waals surface area contributed by atoms with Crippen LogP contribution < -0.4 is 5.32 Å². The van der Waals surface area contributed by atoms with Gasteiger partial charge in [0.2, 0.25) is 0 Å². The number of pyridine rings is 1. The van der Waals surface area contributed by atoms with Crippen LogP contribution in [-0.4, -0.2) is 59.4 Å². The summed E-state index contributed by atoms with van der Waals surface area (Å²) in [6.45, 7) is 1.33. The second kappa shape index (κ2) is 8.74. The van der Waals surface area contributed by atoms with E-state index in [0.29, 0.717) is 25.5 Å². The molecule has 1 aliphatic rings. The lowest BCUT2D eigenvalue weighted by Crippen LogP contribution is -2.38. The Labute approximate surface area is 181 Å². The summed E-state index contributed by atoms with van der Waals surface area (Å²) in [6, 6.07) is 10.2. The zero-order chi connectivity index (χ0) is 22.0. The van der Waals surface area contributed by atoms with E-state index >= 15 is 0 Å². The van der Waals surface area contributed by atoms with Crippen molar-refractivity contribution in [1.82, 2.24) is 23.8 Å². The monoisotopic (exact) mass is 444 g/mol. The number of halogens is 1. The fraction of sp³-hybridized carbons (Fsp3) is 0.333. The molecule has 0 bridgehead atoms. The molecule has 2 N–H and O–H groups in total. The molecule has 0 amide bonds. The van der Waals surface area contributed by atoms with E-state index in [4.69, 9.17) is 0 Å². The highest BCUT2D eigenvalue weighted by molar-refractivity contribution is 7.86. The SMILES string of the molecule is CN(C)S(=O)(=O)N1CC[C@H](c2[nH]ncc2-c2ccnc(NCc3cccc(F)c3)c2)C1. The lowest BCUT2D eigenvalue weighted by Gasteiger charge is -2.20. The van der Waals surface area contributed by atoms with E-state index in [1.807, 2.05) is 18.2 Å². The molecule has 0 radical (unpaired) electrons. The van der Waals surface area contributed by atoms with Crippen LogP contribution in [0.3, 0.4) is 0 Å². The maximum Gasteiger partial charge on any atom is 0.281 e. The zero-order valence-corrected chi connectivity index (χ0v) is 18.2. The predicted molar refractivity (Wildman–Crippen MR) is 117 cm³/mol. The molecule has 164 valence electrons. The molecule has 0 spiro atoms. The standard InChI is InChI=1S/C21H25FN6O2S/c1-27(2)31(29,30)28-9-7-17(14-28)21-19(13-25-26-21)16-6-8-23-20(11-16)24-12-15-4-3-5-18(22)10-15/h3-6,8,10-11,13,17H,7,9,12,14H2,1-2H3,(H,23,24)(H,25,26)/t17-/m0/s1. The second-order valence-corrected chi connectivity index (χ2v) is 9.89. The molecule has 1 fully saturated rings. The molecule has 10 heteroatoms. The van der Waals surface area contributed by atoms with Gasteiger partial charge in [0.05, 0.1) is 6.20 Å². The lowest BCUT2D eigenvalue weighted by atomic mass is 9.97. The maximum absolute atomic E-state index is 13.4. The third-order valence-electron chi connectivity index (χ3n) is 5.45. The van der Waals surface area contributed by atoms with Crippen LogP contribution in [0.1, 0.15) is 23.6 Å². The fourth-order valence-electron chi connectivity index (χ4n) is 3.78. The Morgan fingerprint density at radius 1 is 1.29 bits per heavy atom. The Balaban J connectivity index is 1.51. The first-order chi connectivity index (χ1) is 14.8. The number of nitrogens with zero attached hydrogens (tertiary/aromatic N) is 4. The first-order valence-corrected chi connectivity index (χ1v) is 11.4. The van der Waals surface area contributed by atoms with Crippen molar-refractivity contribution in [3.05, 3.63) is 65.9 Å². The van der Waals surface area contributed by atoms with Crippen molar-refractivity contribution in [3.63, 3.8) is 0 Å². The molecule has 2 aromatic heterocycles. The Morgan fingerprint density at radius 2 is 2.13 bits per heavy atom. The van der Waals surface area contributed by atoms with Crippen LogP contribution in [-0.2, 0) is 16.8 Å². The minimum absolute atomic E-state index is 0.0316. The Hall–Kier alpha value is -2.82. The van der Waals surface area contributed by atoms with Crippen LogP contribution in [0.15, 0.2) is 48.8 Å². The molecular weight excluding hydrogens is 419 g/mol. The number of aromatic amines is 1. The number of anilines is 1. The Morgan fingerprint density at radius 3 is 2.90 bits per heavy atom. The van der Waals surface area contributed by atoms with Gasteiger partial charge < -0.3 is 5.32 Å². The second-order valence-electron chi connectivity index (χ2n) is 7.74. The molecule has 0 unspecified atom stereocenters. The smallest absolute Gasteiger partial charge is 0.281 e. The van der Waals surface area contributed by atoms with Crippen LogP contribution >= 0.6 is 0 Å². The predicted octanol–water partition coefficient (Wildman–Crippen LogP) is 2.82. The quantitative estimate of drug-likeness (QED) is 0.584. The first kappa shape index (κ1) is 21.4. The minimum Gasteiger partial charge on any atom is -0.366 e. The number of hydrogen-bond donors (Lipinski definition) is 2. The van der Waals surface area contributed by atoms with Gasteiger partial charge in [0.15, 0.2) is 0 Å². The summed E-state index contributed by atoms with van der Waals surface area (Å²) in [5.41, 5.74) is 3.59. The highest BCUT2D eigenvalue weighted by Crippen LogP contribution is 2.34. The Kier molecular flexibility index (Phi) is 6.03. The van der Waals surface area contributed by atoms with Gasteiger partial charge in [0, 0.05) is 57.1 Å². The van der Waals surface area contributed by atoms with Crippen LogP contribution in [0, 0.1) is 5.82 Å². The fourth-order valence-corrected chi connectivity index (χ4v) is 4.94. The van der Waals surface area contributed by atoms with Crippen LogP contribution in [0.2, 0.25) is 0 Å². The van der Waals surface area contributed by atoms with Gasteiger partial charge in [-0.25, -0.2) is 9.37 Å². The summed E-state index contributed by atoms with van der Waals surface area (Å²) in [5.74, 6) is 0.423. The molecule has 1 aromatic carbocycles. The molecule has 1 atom stereocenters. The van der Waals surface area contributed by atoms with E-state index in [1.54, 1.807) is 32.6 Å². The normalized spacial score (nSPS) is 17.4. The molecule has 0 aliphatic carbocycles. The first-order valence-electron chi connectivity index (χ1n) is 10.00. The van der Waals surface area contributed by atoms with Crippen LogP contribution in [0.4, 0.5) is 10.2 Å². The topological polar surface area (TPSA) is 94.2 Å². The van der Waals surface area contributed by atoms with E-state index in [0.717, 1.165) is 28.8 Å². The van der Waals surface area contributed by atoms with Gasteiger partial charge >= 0.3 is 0 Å². The van der Waals surface area contributed by atoms with Crippen molar-refractivity contribution in [2.75, 3.05) is 32.5 Å². The van der Waals surface area contributed by atoms with E-state index in [2.05, 4.69) is 20.5 Å². The summed E-state index contributed by atoms with van der Waals surface area (Å²) in [4.78, 5) is 4.35. The highest BCUT2D eigenvalue weighted by atomic mass is 32.2. The third kappa shape index (κ3) is 4.60. The molecule has 31 heavy (non-hydrogen) atoms. The van der Waals surface area contributed by atoms with Crippen molar-refractivity contribution in [2.45, 2.75) is 18.9 Å². The maximum atomic E-state index is 13.4. The van der Waals surface area contributed by atoms with Crippen LogP contribution in [0.5, 0.6) is 0 Å². The highest BCUT2D eigenvalue weighted by Gasteiger charge is 2.35. The van der Waals surface area contributed by atoms with E-state index in [-0.39, 0.29) is 11.7 Å². The summed E-state index contributed by atoms with van der Waals surface area (Å²) in [5, 5.41) is 10.5. The number of benzene rings is 1. The number of rotatable bonds is 7. The van der Waals surface area contributed by atoms with Crippen molar-refractivity contribution >= 4 is 16.0 Å². The number of hydrogen-bond acceptors (Lipinski definition) is 5. The summed E-state index contributed by atoms with van der Waals surface area (Å²) in [7, 11) is -0.353. The number of aromatic nitrogens is 3. The van der Waals surface area contributed by atoms with E-state index in [9.17, 15) is 12.8 Å². The third-order valence-corrected chi connectivity index (χ3v) is 7.36. The molecule has 3 aromatic rings. The molecule has 8 nitrogen and oxygen atoms in total. The molecule has 1 aliphatic heterocycles. The minimum atomic E-state index is -3.44. The summed E-state index contributed by atoms with van der Waals surface area (Å²) >= 11 is 0. The van der Waals surface area contributed by atoms with E-state index in [1.165, 1.54) is 20.7 Å². The van der Waals surface area contributed by atoms with Gasteiger partial charge in [-0.05, 0) is 41.8 Å². The molecule has 1 saturated heterocycles. The van der Waals surface area contributed by atoms with E-state index < -0.39 is 10.2 Å². The van der Waals surface area contributed by atoms with Crippen LogP contribution in [0.25, 0.3) is 11.1 Å². The van der Waals surface area contributed by atoms with Gasteiger partial charge in [-0.1, -0.05) is 12.1 Å². The zero-order valence-electron chi connectivity index (χ0n) is 17.4. The molecule has 4 rings (SSSR count). The van der Waals surface area contributed by atoms with Gasteiger partial charge in [0.25, 0.3) is 10.2 Å². The Bertz CT molecular complexity index is 1160.